The van der Waals surface area contributed by atoms with Crippen molar-refractivity contribution in [3.63, 3.8) is 0 Å². The fourth-order valence-corrected chi connectivity index (χ4v) is 12.2. The van der Waals surface area contributed by atoms with Gasteiger partial charge in [-0.15, -0.1) is 0 Å². The van der Waals surface area contributed by atoms with Crippen LogP contribution in [0.1, 0.15) is 20.8 Å². The minimum atomic E-state index is -2.40. The minimum absolute atomic E-state index is 0. The van der Waals surface area contributed by atoms with Gasteiger partial charge in [0, 0.05) is 0 Å². The molecule has 0 bridgehead atoms. The Morgan fingerprint density at radius 3 is 1.25 bits per heavy atom. The fraction of sp³-hybridized carbons (Fsp3) is 0.185. The van der Waals surface area contributed by atoms with Crippen molar-refractivity contribution in [1.29, 1.82) is 0 Å². The van der Waals surface area contributed by atoms with Gasteiger partial charge in [-0.05, 0) is 0 Å². The molecule has 0 heterocycles. The summed E-state index contributed by atoms with van der Waals surface area (Å²) in [7, 11) is -2.40. The van der Waals surface area contributed by atoms with Gasteiger partial charge in [0.25, 0.3) is 0 Å². The summed E-state index contributed by atoms with van der Waals surface area (Å²) in [5, 5.41) is 4.36. The second-order valence-electron chi connectivity index (χ2n) is 8.90. The predicted octanol–water partition coefficient (Wildman–Crippen LogP) is -4.04. The maximum Gasteiger partial charge on any atom is -1.00 e. The van der Waals surface area contributed by atoms with Crippen LogP contribution >= 0.6 is 0 Å². The summed E-state index contributed by atoms with van der Waals surface area (Å²) < 4.78 is -0.0559. The van der Waals surface area contributed by atoms with E-state index in [1.165, 1.54) is 21.1 Å². The smallest absolute Gasteiger partial charge is 1.00 e. The zero-order chi connectivity index (χ0) is 20.5. The summed E-state index contributed by atoms with van der Waals surface area (Å²) in [6, 6.07) is 33.6. The van der Waals surface area contributed by atoms with Crippen LogP contribution in [-0.2, 0) is 20.4 Å². The third-order valence-electron chi connectivity index (χ3n) is 6.02. The van der Waals surface area contributed by atoms with Gasteiger partial charge < -0.3 is 37.2 Å². The van der Waals surface area contributed by atoms with Crippen LogP contribution < -0.4 is 52.8 Å². The summed E-state index contributed by atoms with van der Waals surface area (Å²) in [5.41, 5.74) is 1.57. The van der Waals surface area contributed by atoms with Gasteiger partial charge in [-0.25, -0.2) is 0 Å². The van der Waals surface area contributed by atoms with Gasteiger partial charge >= 0.3 is 188 Å². The monoisotopic (exact) mass is 532 g/mol. The molecule has 3 aromatic rings. The molecule has 0 radical (unpaired) electrons. The molecule has 1 unspecified atom stereocenters. The van der Waals surface area contributed by atoms with Gasteiger partial charge in [-0.1, -0.05) is 0 Å². The molecule has 1 aliphatic rings. The molecule has 0 fully saturated rings. The van der Waals surface area contributed by atoms with E-state index in [2.05, 4.69) is 150 Å². The third kappa shape index (κ3) is 5.04. The molecule has 0 N–H and O–H groups in total. The largest absolute Gasteiger partial charge is 1.00 e. The molecule has 1 aliphatic carbocycles. The molecule has 32 heavy (non-hydrogen) atoms. The van der Waals surface area contributed by atoms with Crippen molar-refractivity contribution in [2.24, 2.45) is 5.41 Å². The van der Waals surface area contributed by atoms with E-state index in [0.29, 0.717) is 0 Å². The van der Waals surface area contributed by atoms with Crippen LogP contribution in [0.5, 0.6) is 0 Å². The standard InChI is InChI=1S/C27H27Si.3ClH.Ti/c1-27(2,3)22-19-20-26(21-22)28(23-13-7-4-8-14-23,24-15-9-5-10-16-24)25-17-11-6-12-18-25;;;;/h4-21H,1-3H3;3*1H;/q;;;;+3/p-3. The number of benzene rings is 3. The van der Waals surface area contributed by atoms with E-state index in [9.17, 15) is 0 Å². The molecule has 5 heteroatoms. The molecule has 1 atom stereocenters. The summed E-state index contributed by atoms with van der Waals surface area (Å²) in [5.74, 6) is 0. The van der Waals surface area contributed by atoms with E-state index in [0.717, 1.165) is 0 Å². The van der Waals surface area contributed by atoms with Gasteiger partial charge in [0.2, 0.25) is 0 Å². The molecule has 3 aromatic carbocycles. The molecular formula is C27H27Cl3SiTi. The SMILES string of the molecule is CC(C)(C)C1=C[C]([Ti+3])([Si](c2ccccc2)(c2ccccc2)c2ccccc2)C=C1.[Cl-].[Cl-].[Cl-]. The molecular weight excluding hydrogens is 507 g/mol. The molecule has 0 aromatic heterocycles. The van der Waals surface area contributed by atoms with Crippen molar-refractivity contribution in [3.8, 4) is 0 Å². The van der Waals surface area contributed by atoms with E-state index >= 15 is 0 Å². The van der Waals surface area contributed by atoms with Gasteiger partial charge in [-0.2, -0.15) is 0 Å². The van der Waals surface area contributed by atoms with Gasteiger partial charge in [-0.3, -0.25) is 0 Å². The Kier molecular flexibility index (Phi) is 10.3. The van der Waals surface area contributed by atoms with Gasteiger partial charge in [0.1, 0.15) is 0 Å². The van der Waals surface area contributed by atoms with Crippen LogP contribution in [-0.4, -0.2) is 8.07 Å². The van der Waals surface area contributed by atoms with Crippen molar-refractivity contribution < 1.29 is 57.7 Å². The Bertz CT molecular complexity index is 948. The Labute approximate surface area is 224 Å². The number of hydrogen-bond donors (Lipinski definition) is 0. The van der Waals surface area contributed by atoms with Gasteiger partial charge in [0.05, 0.1) is 0 Å². The van der Waals surface area contributed by atoms with E-state index in [-0.39, 0.29) is 46.0 Å². The van der Waals surface area contributed by atoms with Gasteiger partial charge in [0.15, 0.2) is 0 Å². The normalized spacial score (nSPS) is 17.5. The van der Waals surface area contributed by atoms with Crippen molar-refractivity contribution in [2.45, 2.75) is 24.1 Å². The molecule has 0 aliphatic heterocycles. The fourth-order valence-electron chi connectivity index (χ4n) is 4.54. The zero-order valence-electron chi connectivity index (χ0n) is 18.5. The molecule has 0 saturated heterocycles. The van der Waals surface area contributed by atoms with Crippen LogP contribution in [0.4, 0.5) is 0 Å². The zero-order valence-corrected chi connectivity index (χ0v) is 23.4. The Hall–Kier alpha value is -1.06. The molecule has 0 amide bonds. The molecule has 164 valence electrons. The topological polar surface area (TPSA) is 0 Å². The third-order valence-corrected chi connectivity index (χ3v) is 13.4. The average Bonchev–Trinajstić information content (AvgIpc) is 3.15. The first-order valence-electron chi connectivity index (χ1n) is 10.2. The van der Waals surface area contributed by atoms with Crippen molar-refractivity contribution >= 4 is 23.6 Å². The summed E-state index contributed by atoms with van der Waals surface area (Å²) in [4.78, 5) is 0. The van der Waals surface area contributed by atoms with E-state index in [1.54, 1.807) is 0 Å². The summed E-state index contributed by atoms with van der Waals surface area (Å²) in [6.07, 6.45) is 7.41. The van der Waals surface area contributed by atoms with E-state index in [1.807, 2.05) is 0 Å². The van der Waals surface area contributed by atoms with Crippen LogP contribution in [0.15, 0.2) is 115 Å². The van der Waals surface area contributed by atoms with Crippen LogP contribution in [0, 0.1) is 5.41 Å². The minimum Gasteiger partial charge on any atom is -1.00 e. The van der Waals surface area contributed by atoms with E-state index < -0.39 is 8.07 Å². The number of halogens is 3. The average molecular weight is 534 g/mol. The molecule has 0 nitrogen and oxygen atoms in total. The van der Waals surface area contributed by atoms with Crippen LogP contribution in [0.25, 0.3) is 0 Å². The number of rotatable bonds is 4. The Morgan fingerprint density at radius 1 is 0.625 bits per heavy atom. The first-order chi connectivity index (χ1) is 13.9. The van der Waals surface area contributed by atoms with Crippen molar-refractivity contribution in [3.05, 3.63) is 115 Å². The summed E-state index contributed by atoms with van der Waals surface area (Å²) >= 11 is 2.45. The molecule has 4 rings (SSSR count). The van der Waals surface area contributed by atoms with Crippen LogP contribution in [0.3, 0.4) is 0 Å². The molecule has 0 saturated carbocycles. The Morgan fingerprint density at radius 2 is 0.969 bits per heavy atom. The predicted molar refractivity (Wildman–Crippen MR) is 123 cm³/mol. The first-order valence-corrected chi connectivity index (χ1v) is 13.0. The first kappa shape index (κ1) is 29.0. The Balaban J connectivity index is 0.00000171. The van der Waals surface area contributed by atoms with Crippen molar-refractivity contribution in [1.82, 2.24) is 0 Å². The summed E-state index contributed by atoms with van der Waals surface area (Å²) in [6.45, 7) is 6.93. The number of hydrogen-bond acceptors (Lipinski definition) is 0. The van der Waals surface area contributed by atoms with Crippen molar-refractivity contribution in [2.75, 3.05) is 0 Å². The quantitative estimate of drug-likeness (QED) is 0.237. The second-order valence-corrected chi connectivity index (χ2v) is 15.0. The number of allylic oxidation sites excluding steroid dienone is 4. The van der Waals surface area contributed by atoms with Crippen LogP contribution in [0.2, 0.25) is 3.34 Å². The maximum atomic E-state index is 2.56. The molecule has 0 spiro atoms. The second kappa shape index (κ2) is 11.4. The van der Waals surface area contributed by atoms with E-state index in [4.69, 9.17) is 0 Å². The maximum absolute atomic E-state index is 2.56.